The predicted octanol–water partition coefficient (Wildman–Crippen LogP) is 4.21. The van der Waals surface area contributed by atoms with Crippen molar-refractivity contribution in [1.82, 2.24) is 0 Å². The van der Waals surface area contributed by atoms with Crippen LogP contribution in [0, 0.1) is 0 Å². The van der Waals surface area contributed by atoms with Gasteiger partial charge in [-0.05, 0) is 35.6 Å². The lowest BCUT2D eigenvalue weighted by molar-refractivity contribution is 0.493. The van der Waals surface area contributed by atoms with Crippen molar-refractivity contribution in [3.05, 3.63) is 60.2 Å². The van der Waals surface area contributed by atoms with Crippen LogP contribution in [0.2, 0.25) is 0 Å². The Morgan fingerprint density at radius 1 is 0.900 bits per heavy atom. The van der Waals surface area contributed by atoms with Crippen molar-refractivity contribution < 1.29 is 8.42 Å². The summed E-state index contributed by atoms with van der Waals surface area (Å²) in [5.41, 5.74) is 0.713. The van der Waals surface area contributed by atoms with Crippen LogP contribution in [0.4, 0.5) is 0 Å². The molecule has 0 aliphatic heterocycles. The maximum absolute atomic E-state index is 12.8. The molecule has 0 spiro atoms. The van der Waals surface area contributed by atoms with E-state index in [-0.39, 0.29) is 5.41 Å². The average molecular weight is 288 g/mol. The Labute approximate surface area is 121 Å². The molecule has 2 aromatic rings. The Hall–Kier alpha value is -1.61. The van der Waals surface area contributed by atoms with Crippen molar-refractivity contribution >= 4 is 9.84 Å². The van der Waals surface area contributed by atoms with E-state index >= 15 is 0 Å². The molecule has 0 radical (unpaired) electrons. The molecule has 2 rings (SSSR count). The molecule has 0 aromatic heterocycles. The minimum absolute atomic E-state index is 0.168. The van der Waals surface area contributed by atoms with Gasteiger partial charge < -0.3 is 0 Å². The van der Waals surface area contributed by atoms with E-state index in [0.717, 1.165) is 12.0 Å². The van der Waals surface area contributed by atoms with Crippen molar-refractivity contribution in [2.24, 2.45) is 0 Å². The molecule has 0 aliphatic rings. The van der Waals surface area contributed by atoms with Crippen LogP contribution in [0.1, 0.15) is 32.8 Å². The molecule has 0 fully saturated rings. The Kier molecular flexibility index (Phi) is 4.00. The quantitative estimate of drug-likeness (QED) is 0.844. The minimum Gasteiger partial charge on any atom is -0.219 e. The van der Waals surface area contributed by atoms with E-state index in [9.17, 15) is 8.42 Å². The molecule has 3 heteroatoms. The first-order valence-corrected chi connectivity index (χ1v) is 8.27. The highest BCUT2D eigenvalue weighted by Gasteiger charge is 2.28. The van der Waals surface area contributed by atoms with Gasteiger partial charge in [0.25, 0.3) is 0 Å². The fourth-order valence-corrected chi connectivity index (χ4v) is 3.84. The summed E-state index contributed by atoms with van der Waals surface area (Å²) in [6, 6.07) is 15.9. The number of hydrogen-bond donors (Lipinski definition) is 0. The lowest BCUT2D eigenvalue weighted by Gasteiger charge is -2.26. The zero-order valence-corrected chi connectivity index (χ0v) is 12.9. The first-order chi connectivity index (χ1) is 9.39. The Morgan fingerprint density at radius 2 is 1.45 bits per heavy atom. The standard InChI is InChI=1S/C17H20O2S/c1-4-17(2,3)15-12-8-9-13-16(15)20(18,19)14-10-6-5-7-11-14/h5-13H,4H2,1-3H3. The molecule has 106 valence electrons. The van der Waals surface area contributed by atoms with Crippen LogP contribution in [0.25, 0.3) is 0 Å². The third kappa shape index (κ3) is 2.63. The van der Waals surface area contributed by atoms with E-state index in [0.29, 0.717) is 9.79 Å². The zero-order chi connectivity index (χ0) is 14.8. The summed E-state index contributed by atoms with van der Waals surface area (Å²) < 4.78 is 25.6. The third-order valence-electron chi connectivity index (χ3n) is 3.84. The summed E-state index contributed by atoms with van der Waals surface area (Å²) >= 11 is 0. The Balaban J connectivity index is 2.66. The van der Waals surface area contributed by atoms with E-state index < -0.39 is 9.84 Å². The molecule has 2 aromatic carbocycles. The molecule has 0 saturated carbocycles. The summed E-state index contributed by atoms with van der Waals surface area (Å²) in [4.78, 5) is 0.761. The highest BCUT2D eigenvalue weighted by molar-refractivity contribution is 7.91. The van der Waals surface area contributed by atoms with E-state index in [1.165, 1.54) is 0 Å². The third-order valence-corrected chi connectivity index (χ3v) is 5.67. The number of hydrogen-bond acceptors (Lipinski definition) is 2. The second-order valence-electron chi connectivity index (χ2n) is 5.55. The first kappa shape index (κ1) is 14.8. The van der Waals surface area contributed by atoms with Gasteiger partial charge >= 0.3 is 0 Å². The van der Waals surface area contributed by atoms with Gasteiger partial charge in [-0.15, -0.1) is 0 Å². The zero-order valence-electron chi connectivity index (χ0n) is 12.1. The summed E-state index contributed by atoms with van der Waals surface area (Å²) in [5, 5.41) is 0. The highest BCUT2D eigenvalue weighted by Crippen LogP contribution is 2.34. The summed E-state index contributed by atoms with van der Waals surface area (Å²) in [6.45, 7) is 6.23. The molecule has 0 unspecified atom stereocenters. The molecule has 0 heterocycles. The topological polar surface area (TPSA) is 34.1 Å². The molecule has 0 amide bonds. The maximum Gasteiger partial charge on any atom is 0.206 e. The number of rotatable bonds is 4. The van der Waals surface area contributed by atoms with Gasteiger partial charge in [-0.25, -0.2) is 8.42 Å². The molecule has 0 saturated heterocycles. The highest BCUT2D eigenvalue weighted by atomic mass is 32.2. The van der Waals surface area contributed by atoms with Crippen LogP contribution in [-0.4, -0.2) is 8.42 Å². The van der Waals surface area contributed by atoms with Gasteiger partial charge in [0.05, 0.1) is 9.79 Å². The maximum atomic E-state index is 12.8. The summed E-state index contributed by atoms with van der Waals surface area (Å²) in [5.74, 6) is 0. The van der Waals surface area contributed by atoms with Gasteiger partial charge in [-0.2, -0.15) is 0 Å². The summed E-state index contributed by atoms with van der Waals surface area (Å²) in [6.07, 6.45) is 0.883. The molecule has 0 N–H and O–H groups in total. The second kappa shape index (κ2) is 5.41. The van der Waals surface area contributed by atoms with Crippen LogP contribution >= 0.6 is 0 Å². The smallest absolute Gasteiger partial charge is 0.206 e. The molecule has 0 bridgehead atoms. The largest absolute Gasteiger partial charge is 0.219 e. The van der Waals surface area contributed by atoms with Gasteiger partial charge in [0.1, 0.15) is 0 Å². The van der Waals surface area contributed by atoms with Gasteiger partial charge in [-0.3, -0.25) is 0 Å². The molecular weight excluding hydrogens is 268 g/mol. The van der Waals surface area contributed by atoms with Crippen LogP contribution in [0.15, 0.2) is 64.4 Å². The van der Waals surface area contributed by atoms with Gasteiger partial charge in [0, 0.05) is 0 Å². The van der Waals surface area contributed by atoms with Crippen LogP contribution in [0.5, 0.6) is 0 Å². The molecule has 0 aliphatic carbocycles. The molecule has 0 atom stereocenters. The van der Waals surface area contributed by atoms with Gasteiger partial charge in [0.15, 0.2) is 0 Å². The van der Waals surface area contributed by atoms with E-state index in [2.05, 4.69) is 20.8 Å². The normalized spacial score (nSPS) is 12.3. The minimum atomic E-state index is -3.46. The van der Waals surface area contributed by atoms with E-state index in [1.807, 2.05) is 18.2 Å². The van der Waals surface area contributed by atoms with Crippen molar-refractivity contribution in [3.8, 4) is 0 Å². The van der Waals surface area contributed by atoms with Crippen molar-refractivity contribution in [2.45, 2.75) is 42.4 Å². The van der Waals surface area contributed by atoms with Crippen LogP contribution in [-0.2, 0) is 15.3 Å². The Morgan fingerprint density at radius 3 is 2.05 bits per heavy atom. The SMILES string of the molecule is CCC(C)(C)c1ccccc1S(=O)(=O)c1ccccc1. The van der Waals surface area contributed by atoms with Gasteiger partial charge in [-0.1, -0.05) is 57.2 Å². The van der Waals surface area contributed by atoms with E-state index in [1.54, 1.807) is 36.4 Å². The average Bonchev–Trinajstić information content (AvgIpc) is 2.48. The second-order valence-corrected chi connectivity index (χ2v) is 7.47. The monoisotopic (exact) mass is 288 g/mol. The van der Waals surface area contributed by atoms with E-state index in [4.69, 9.17) is 0 Å². The molecule has 20 heavy (non-hydrogen) atoms. The lowest BCUT2D eigenvalue weighted by Crippen LogP contribution is -2.19. The van der Waals surface area contributed by atoms with Crippen molar-refractivity contribution in [1.29, 1.82) is 0 Å². The van der Waals surface area contributed by atoms with Gasteiger partial charge in [0.2, 0.25) is 9.84 Å². The first-order valence-electron chi connectivity index (χ1n) is 6.79. The van der Waals surface area contributed by atoms with Crippen molar-refractivity contribution in [3.63, 3.8) is 0 Å². The number of benzene rings is 2. The lowest BCUT2D eigenvalue weighted by atomic mass is 9.82. The van der Waals surface area contributed by atoms with Crippen LogP contribution in [0.3, 0.4) is 0 Å². The fourth-order valence-electron chi connectivity index (χ4n) is 2.18. The van der Waals surface area contributed by atoms with Crippen molar-refractivity contribution in [2.75, 3.05) is 0 Å². The molecule has 2 nitrogen and oxygen atoms in total. The Bertz CT molecular complexity index is 686. The number of sulfone groups is 1. The fraction of sp³-hybridized carbons (Fsp3) is 0.294. The van der Waals surface area contributed by atoms with Crippen LogP contribution < -0.4 is 0 Å². The molecular formula is C17H20O2S. The predicted molar refractivity (Wildman–Crippen MR) is 81.7 cm³/mol. The summed E-state index contributed by atoms with van der Waals surface area (Å²) in [7, 11) is -3.46.